The summed E-state index contributed by atoms with van der Waals surface area (Å²) in [5, 5.41) is 2.61. The van der Waals surface area contributed by atoms with Crippen molar-refractivity contribution in [2.24, 2.45) is 5.73 Å². The number of hydrogen-bond donors (Lipinski definition) is 3. The van der Waals surface area contributed by atoms with Crippen molar-refractivity contribution in [1.82, 2.24) is 9.97 Å². The molecule has 0 bridgehead atoms. The largest absolute Gasteiger partial charge is 0.383 e. The summed E-state index contributed by atoms with van der Waals surface area (Å²) in [6.45, 7) is 2.52. The van der Waals surface area contributed by atoms with Crippen LogP contribution in [0.1, 0.15) is 15.7 Å². The highest BCUT2D eigenvalue weighted by Gasteiger charge is 2.16. The number of H-pyrrole nitrogens is 1. The molecule has 2 heterocycles. The molecule has 0 aliphatic rings. The zero-order valence-electron chi connectivity index (χ0n) is 9.84. The standard InChI is InChI=1S/C11H14N4OS2/c1-6-2-3-17-10(6)7(5-12)18-11-14-8(13)4-9(16)15-11/h2-4,7H,5,12H2,1H3,(H3,13,14,15,16). The minimum absolute atomic E-state index is 0.0787. The number of thioether (sulfide) groups is 1. The summed E-state index contributed by atoms with van der Waals surface area (Å²) in [4.78, 5) is 19.3. The fraction of sp³-hybridized carbons (Fsp3) is 0.273. The number of aromatic amines is 1. The Kier molecular flexibility index (Phi) is 4.05. The van der Waals surface area contributed by atoms with Crippen molar-refractivity contribution in [3.63, 3.8) is 0 Å². The van der Waals surface area contributed by atoms with Crippen LogP contribution in [0, 0.1) is 6.92 Å². The zero-order chi connectivity index (χ0) is 13.1. The Bertz CT molecular complexity index is 593. The van der Waals surface area contributed by atoms with Gasteiger partial charge in [0, 0.05) is 17.5 Å². The molecule has 1 atom stereocenters. The second-order valence-corrected chi connectivity index (χ2v) is 5.92. The van der Waals surface area contributed by atoms with Crippen LogP contribution in [0.15, 0.2) is 27.5 Å². The number of hydrogen-bond acceptors (Lipinski definition) is 6. The van der Waals surface area contributed by atoms with Crippen molar-refractivity contribution in [3.05, 3.63) is 38.3 Å². The number of nitrogens with two attached hydrogens (primary N) is 2. The van der Waals surface area contributed by atoms with Crippen LogP contribution < -0.4 is 17.0 Å². The third kappa shape index (κ3) is 2.92. The van der Waals surface area contributed by atoms with Crippen molar-refractivity contribution in [1.29, 1.82) is 0 Å². The van der Waals surface area contributed by atoms with Gasteiger partial charge in [0.05, 0.1) is 5.25 Å². The lowest BCUT2D eigenvalue weighted by Crippen LogP contribution is -2.13. The molecule has 0 amide bonds. The van der Waals surface area contributed by atoms with Crippen LogP contribution >= 0.6 is 23.1 Å². The number of aromatic nitrogens is 2. The van der Waals surface area contributed by atoms with Crippen molar-refractivity contribution < 1.29 is 0 Å². The quantitative estimate of drug-likeness (QED) is 0.583. The Labute approximate surface area is 113 Å². The molecule has 7 heteroatoms. The molecule has 2 aromatic heterocycles. The van der Waals surface area contributed by atoms with Crippen molar-refractivity contribution >= 4 is 28.9 Å². The van der Waals surface area contributed by atoms with E-state index in [2.05, 4.69) is 16.0 Å². The van der Waals surface area contributed by atoms with E-state index < -0.39 is 0 Å². The summed E-state index contributed by atoms with van der Waals surface area (Å²) < 4.78 is 0. The molecule has 2 aromatic rings. The molecule has 96 valence electrons. The Morgan fingerprint density at radius 1 is 1.61 bits per heavy atom. The third-order valence-corrected chi connectivity index (χ3v) is 4.81. The van der Waals surface area contributed by atoms with Crippen molar-refractivity contribution in [2.45, 2.75) is 17.3 Å². The summed E-state index contributed by atoms with van der Waals surface area (Å²) >= 11 is 3.09. The lowest BCUT2D eigenvalue weighted by Gasteiger charge is -2.13. The molecule has 0 aromatic carbocycles. The maximum absolute atomic E-state index is 11.3. The first-order valence-electron chi connectivity index (χ1n) is 5.37. The molecule has 0 spiro atoms. The summed E-state index contributed by atoms with van der Waals surface area (Å²) in [5.41, 5.74) is 12.3. The average Bonchev–Trinajstić information content (AvgIpc) is 2.71. The van der Waals surface area contributed by atoms with E-state index in [-0.39, 0.29) is 16.6 Å². The molecule has 0 saturated carbocycles. The maximum atomic E-state index is 11.3. The predicted octanol–water partition coefficient (Wildman–Crippen LogP) is 1.51. The molecule has 18 heavy (non-hydrogen) atoms. The fourth-order valence-electron chi connectivity index (χ4n) is 1.57. The Morgan fingerprint density at radius 2 is 2.39 bits per heavy atom. The van der Waals surface area contributed by atoms with Crippen molar-refractivity contribution in [3.8, 4) is 0 Å². The number of nitrogens with zero attached hydrogens (tertiary/aromatic N) is 1. The molecule has 5 nitrogen and oxygen atoms in total. The summed E-state index contributed by atoms with van der Waals surface area (Å²) in [5.74, 6) is 0.222. The van der Waals surface area contributed by atoms with Gasteiger partial charge in [-0.3, -0.25) is 4.79 Å². The van der Waals surface area contributed by atoms with Crippen LogP contribution in [0.5, 0.6) is 0 Å². The second kappa shape index (κ2) is 5.55. The normalized spacial score (nSPS) is 12.6. The van der Waals surface area contributed by atoms with Gasteiger partial charge in [-0.05, 0) is 23.9 Å². The van der Waals surface area contributed by atoms with Crippen LogP contribution in [0.4, 0.5) is 5.82 Å². The monoisotopic (exact) mass is 282 g/mol. The van der Waals surface area contributed by atoms with E-state index in [1.165, 1.54) is 28.3 Å². The highest BCUT2D eigenvalue weighted by molar-refractivity contribution is 7.99. The molecule has 2 rings (SSSR count). The number of thiophene rings is 1. The minimum Gasteiger partial charge on any atom is -0.383 e. The number of aryl methyl sites for hydroxylation is 1. The van der Waals surface area contributed by atoms with Gasteiger partial charge in [-0.25, -0.2) is 4.98 Å². The molecule has 0 saturated heterocycles. The molecule has 0 aliphatic carbocycles. The van der Waals surface area contributed by atoms with Crippen LogP contribution in [0.25, 0.3) is 0 Å². The summed E-state index contributed by atoms with van der Waals surface area (Å²) in [6.07, 6.45) is 0. The van der Waals surface area contributed by atoms with Crippen molar-refractivity contribution in [2.75, 3.05) is 12.3 Å². The molecule has 0 radical (unpaired) electrons. The maximum Gasteiger partial charge on any atom is 0.253 e. The molecule has 0 aliphatic heterocycles. The summed E-state index contributed by atoms with van der Waals surface area (Å²) in [7, 11) is 0. The van der Waals surface area contributed by atoms with E-state index in [1.807, 2.05) is 12.3 Å². The SMILES string of the molecule is Cc1ccsc1C(CN)Sc1nc(N)cc(=O)[nH]1. The van der Waals surface area contributed by atoms with Gasteiger partial charge in [0.1, 0.15) is 5.82 Å². The van der Waals surface area contributed by atoms with Gasteiger partial charge in [0.2, 0.25) is 0 Å². The predicted molar refractivity (Wildman–Crippen MR) is 76.0 cm³/mol. The number of nitrogen functional groups attached to an aromatic ring is 1. The van der Waals surface area contributed by atoms with Crippen LogP contribution in [-0.4, -0.2) is 16.5 Å². The van der Waals surface area contributed by atoms with E-state index in [9.17, 15) is 4.79 Å². The fourth-order valence-corrected chi connectivity index (χ4v) is 3.77. The van der Waals surface area contributed by atoms with Gasteiger partial charge in [0.25, 0.3) is 5.56 Å². The topological polar surface area (TPSA) is 97.8 Å². The zero-order valence-corrected chi connectivity index (χ0v) is 11.5. The molecule has 5 N–H and O–H groups in total. The van der Waals surface area contributed by atoms with Gasteiger partial charge in [-0.15, -0.1) is 11.3 Å². The Balaban J connectivity index is 2.26. The number of rotatable bonds is 4. The lowest BCUT2D eigenvalue weighted by molar-refractivity contribution is 0.907. The average molecular weight is 282 g/mol. The van der Waals surface area contributed by atoms with Gasteiger partial charge < -0.3 is 16.5 Å². The van der Waals surface area contributed by atoms with Crippen LogP contribution in [-0.2, 0) is 0 Å². The first kappa shape index (κ1) is 13.1. The minimum atomic E-state index is -0.247. The molecular formula is C11H14N4OS2. The number of nitrogens with one attached hydrogen (secondary N) is 1. The van der Waals surface area contributed by atoms with Gasteiger partial charge >= 0.3 is 0 Å². The first-order valence-corrected chi connectivity index (χ1v) is 7.13. The highest BCUT2D eigenvalue weighted by Crippen LogP contribution is 2.36. The van der Waals surface area contributed by atoms with E-state index in [0.29, 0.717) is 11.7 Å². The second-order valence-electron chi connectivity index (χ2n) is 3.79. The van der Waals surface area contributed by atoms with Crippen LogP contribution in [0.3, 0.4) is 0 Å². The van der Waals surface area contributed by atoms with Gasteiger partial charge in [-0.2, -0.15) is 0 Å². The third-order valence-electron chi connectivity index (χ3n) is 2.40. The number of anilines is 1. The van der Waals surface area contributed by atoms with Gasteiger partial charge in [0.15, 0.2) is 5.16 Å². The Morgan fingerprint density at radius 3 is 2.94 bits per heavy atom. The van der Waals surface area contributed by atoms with Crippen LogP contribution in [0.2, 0.25) is 0 Å². The smallest absolute Gasteiger partial charge is 0.253 e. The van der Waals surface area contributed by atoms with E-state index in [4.69, 9.17) is 11.5 Å². The highest BCUT2D eigenvalue weighted by atomic mass is 32.2. The molecular weight excluding hydrogens is 268 g/mol. The lowest BCUT2D eigenvalue weighted by atomic mass is 10.2. The van der Waals surface area contributed by atoms with Gasteiger partial charge in [-0.1, -0.05) is 11.8 Å². The Hall–Kier alpha value is -1.31. The summed E-state index contributed by atoms with van der Waals surface area (Å²) in [6, 6.07) is 3.32. The van der Waals surface area contributed by atoms with E-state index >= 15 is 0 Å². The van der Waals surface area contributed by atoms with E-state index in [1.54, 1.807) is 11.3 Å². The molecule has 0 fully saturated rings. The first-order chi connectivity index (χ1) is 8.60. The van der Waals surface area contributed by atoms with E-state index in [0.717, 1.165) is 0 Å². The molecule has 1 unspecified atom stereocenters.